The lowest BCUT2D eigenvalue weighted by atomic mass is 10.2. The van der Waals surface area contributed by atoms with Gasteiger partial charge in [-0.05, 0) is 36.6 Å². The number of para-hydroxylation sites is 1. The number of sulfonamides is 1. The number of nitro benzene ring substituents is 1. The molecule has 226 valence electrons. The summed E-state index contributed by atoms with van der Waals surface area (Å²) in [5, 5.41) is 14.2. The number of methoxy groups -OCH3 is 2. The molecule has 0 fully saturated rings. The van der Waals surface area contributed by atoms with Crippen molar-refractivity contribution in [2.24, 2.45) is 0 Å². The van der Waals surface area contributed by atoms with Crippen LogP contribution in [0.1, 0.15) is 15.5 Å². The summed E-state index contributed by atoms with van der Waals surface area (Å²) >= 11 is 6.81. The highest BCUT2D eigenvalue weighted by Gasteiger charge is 2.27. The van der Waals surface area contributed by atoms with Gasteiger partial charge in [0.15, 0.2) is 0 Å². The highest BCUT2D eigenvalue weighted by Crippen LogP contribution is 2.38. The maximum atomic E-state index is 12.3. The van der Waals surface area contributed by atoms with Crippen molar-refractivity contribution < 1.29 is 37.1 Å². The quantitative estimate of drug-likeness (QED) is 0.105. The minimum absolute atomic E-state index is 0.0352. The average Bonchev–Trinajstić information content (AvgIpc) is 3.47. The van der Waals surface area contributed by atoms with Crippen LogP contribution in [0.2, 0.25) is 5.02 Å². The lowest BCUT2D eigenvalue weighted by molar-refractivity contribution is -0.383. The molecule has 0 atom stereocenters. The third kappa shape index (κ3) is 8.47. The molecule has 0 bridgehead atoms. The number of esters is 1. The Morgan fingerprint density at radius 2 is 1.77 bits per heavy atom. The van der Waals surface area contributed by atoms with Gasteiger partial charge in [0.05, 0.1) is 19.1 Å². The van der Waals surface area contributed by atoms with Crippen molar-refractivity contribution in [1.29, 1.82) is 0 Å². The maximum Gasteiger partial charge on any atom is 0.349 e. The first kappa shape index (κ1) is 32.4. The number of nitrogen functional groups attached to an aromatic ring is 1. The SMILES string of the molecule is COC(=O)c1sccc1S(=O)(=O)NC(=O)Nc1nc(C)nc(OC)n1.Nc1c([N+](=O)[O-])ccc(Oc2ccccc2)c1Cl. The van der Waals surface area contributed by atoms with Crippen molar-refractivity contribution in [2.45, 2.75) is 11.8 Å². The number of nitrogens with one attached hydrogen (secondary N) is 2. The van der Waals surface area contributed by atoms with Crippen LogP contribution >= 0.6 is 22.9 Å². The third-order valence-electron chi connectivity index (χ3n) is 4.94. The first-order chi connectivity index (χ1) is 20.4. The van der Waals surface area contributed by atoms with Crippen LogP contribution in [0.4, 0.5) is 22.1 Å². The molecule has 0 spiro atoms. The van der Waals surface area contributed by atoms with Crippen molar-refractivity contribution in [2.75, 3.05) is 25.3 Å². The molecule has 0 aliphatic carbocycles. The Balaban J connectivity index is 0.000000248. The number of aryl methyl sites for hydroxylation is 1. The molecule has 0 saturated heterocycles. The van der Waals surface area contributed by atoms with Crippen LogP contribution in [-0.2, 0) is 14.8 Å². The van der Waals surface area contributed by atoms with E-state index in [9.17, 15) is 28.1 Å². The van der Waals surface area contributed by atoms with Gasteiger partial charge >= 0.3 is 18.0 Å². The highest BCUT2D eigenvalue weighted by atomic mass is 35.5. The van der Waals surface area contributed by atoms with Crippen molar-refractivity contribution in [3.8, 4) is 17.5 Å². The van der Waals surface area contributed by atoms with Gasteiger partial charge in [0, 0.05) is 6.07 Å². The first-order valence-electron chi connectivity index (χ1n) is 11.6. The zero-order valence-corrected chi connectivity index (χ0v) is 24.8. The predicted octanol–water partition coefficient (Wildman–Crippen LogP) is 4.17. The van der Waals surface area contributed by atoms with E-state index < -0.39 is 26.9 Å². The summed E-state index contributed by atoms with van der Waals surface area (Å²) in [6.07, 6.45) is 0. The van der Waals surface area contributed by atoms with E-state index >= 15 is 0 Å². The van der Waals surface area contributed by atoms with Crippen LogP contribution in [0.15, 0.2) is 58.8 Å². The number of anilines is 2. The molecule has 0 aliphatic heterocycles. The molecule has 0 radical (unpaired) electrons. The molecule has 4 rings (SSSR count). The van der Waals surface area contributed by atoms with Crippen molar-refractivity contribution in [3.63, 3.8) is 0 Å². The van der Waals surface area contributed by atoms with Crippen molar-refractivity contribution >= 4 is 62.3 Å². The van der Waals surface area contributed by atoms with E-state index in [1.54, 1.807) is 29.0 Å². The summed E-state index contributed by atoms with van der Waals surface area (Å²) in [5.41, 5.74) is 5.25. The fourth-order valence-corrected chi connectivity index (χ4v) is 5.52. The van der Waals surface area contributed by atoms with E-state index in [-0.39, 0.29) is 49.7 Å². The topological polar surface area (TPSA) is 228 Å². The molecule has 4 aromatic rings. The third-order valence-corrected chi connectivity index (χ3v) is 7.73. The lowest BCUT2D eigenvalue weighted by Crippen LogP contribution is -2.35. The summed E-state index contributed by atoms with van der Waals surface area (Å²) in [5.74, 6) is 0.0959. The average molecular weight is 652 g/mol. The van der Waals surface area contributed by atoms with Crippen LogP contribution in [0.25, 0.3) is 0 Å². The van der Waals surface area contributed by atoms with E-state index in [4.69, 9.17) is 26.8 Å². The monoisotopic (exact) mass is 651 g/mol. The molecular formula is C24H22ClN7O9S2. The number of nitrogens with zero attached hydrogens (tertiary/aromatic N) is 4. The molecule has 19 heteroatoms. The number of hydrogen-bond acceptors (Lipinski definition) is 14. The number of ether oxygens (including phenoxy) is 3. The molecule has 4 N–H and O–H groups in total. The van der Waals surface area contributed by atoms with Gasteiger partial charge in [0.1, 0.15) is 37.8 Å². The summed E-state index contributed by atoms with van der Waals surface area (Å²) in [6.45, 7) is 1.54. The normalized spacial score (nSPS) is 10.5. The van der Waals surface area contributed by atoms with E-state index in [0.717, 1.165) is 18.4 Å². The van der Waals surface area contributed by atoms with Crippen LogP contribution in [0, 0.1) is 17.0 Å². The van der Waals surface area contributed by atoms with Gasteiger partial charge in [-0.25, -0.2) is 22.7 Å². The fraction of sp³-hybridized carbons (Fsp3) is 0.125. The smallest absolute Gasteiger partial charge is 0.349 e. The maximum absolute atomic E-state index is 12.3. The standard InChI is InChI=1S/C12H9ClN2O3.C12H13N5O6S2/c13-11-10(18-8-4-2-1-3-5-8)7-6-9(12(11)14)15(16)17;1-6-13-10(16-12(14-6)23-3)15-11(19)17-25(20,21)7-4-5-24-8(7)9(18)22-2/h1-7H,14H2;4-5H,1-3H3,(H2,13,14,15,16,17,19). The zero-order valence-electron chi connectivity index (χ0n) is 22.4. The van der Waals surface area contributed by atoms with E-state index in [2.05, 4.69) is 25.0 Å². The van der Waals surface area contributed by atoms with Crippen molar-refractivity contribution in [1.82, 2.24) is 19.7 Å². The number of rotatable bonds is 8. The Labute approximate surface area is 253 Å². The number of nitrogens with two attached hydrogens (primary N) is 1. The van der Waals surface area contributed by atoms with Crippen molar-refractivity contribution in [3.05, 3.63) is 79.7 Å². The Bertz CT molecular complexity index is 1750. The number of amides is 2. The van der Waals surface area contributed by atoms with Crippen LogP contribution in [0.3, 0.4) is 0 Å². The largest absolute Gasteiger partial charge is 0.467 e. The van der Waals surface area contributed by atoms with Gasteiger partial charge in [-0.3, -0.25) is 15.4 Å². The molecule has 16 nitrogen and oxygen atoms in total. The van der Waals surface area contributed by atoms with E-state index in [0.29, 0.717) is 5.75 Å². The number of carbonyl (C=O) groups is 2. The van der Waals surface area contributed by atoms with Crippen LogP contribution in [0.5, 0.6) is 17.5 Å². The Morgan fingerprint density at radius 1 is 1.07 bits per heavy atom. The van der Waals surface area contributed by atoms with Crippen LogP contribution < -0.4 is 25.2 Å². The minimum Gasteiger partial charge on any atom is -0.467 e. The minimum atomic E-state index is -4.30. The predicted molar refractivity (Wildman–Crippen MR) is 155 cm³/mol. The highest BCUT2D eigenvalue weighted by molar-refractivity contribution is 7.90. The van der Waals surface area contributed by atoms with Gasteiger partial charge < -0.3 is 19.9 Å². The molecule has 0 saturated carbocycles. The number of thiophene rings is 1. The number of carbonyl (C=O) groups excluding carboxylic acids is 2. The van der Waals surface area contributed by atoms with E-state index in [1.165, 1.54) is 37.6 Å². The van der Waals surface area contributed by atoms with Crippen LogP contribution in [-0.4, -0.2) is 54.5 Å². The zero-order chi connectivity index (χ0) is 31.7. The molecule has 2 heterocycles. The number of nitro groups is 1. The second-order valence-corrected chi connectivity index (χ2v) is 10.8. The summed E-state index contributed by atoms with van der Waals surface area (Å²) < 4.78 is 41.1. The molecule has 0 aliphatic rings. The van der Waals surface area contributed by atoms with E-state index in [1.807, 2.05) is 6.07 Å². The fourth-order valence-electron chi connectivity index (χ4n) is 3.08. The van der Waals surface area contributed by atoms with Gasteiger partial charge in [-0.2, -0.15) is 15.0 Å². The summed E-state index contributed by atoms with van der Waals surface area (Å²) in [7, 11) is -1.86. The summed E-state index contributed by atoms with van der Waals surface area (Å²) in [4.78, 5) is 44.5. The Hall–Kier alpha value is -5.07. The first-order valence-corrected chi connectivity index (χ1v) is 14.3. The van der Waals surface area contributed by atoms with Gasteiger partial charge in [-0.1, -0.05) is 29.8 Å². The molecule has 0 unspecified atom stereocenters. The van der Waals surface area contributed by atoms with Gasteiger partial charge in [-0.15, -0.1) is 11.3 Å². The second-order valence-electron chi connectivity index (χ2n) is 7.84. The number of aromatic nitrogens is 3. The summed E-state index contributed by atoms with van der Waals surface area (Å²) in [6, 6.07) is 11.6. The molecule has 2 aromatic carbocycles. The van der Waals surface area contributed by atoms with Gasteiger partial charge in [0.2, 0.25) is 5.95 Å². The Kier molecular flexibility index (Phi) is 10.7. The number of urea groups is 1. The Morgan fingerprint density at radius 3 is 2.40 bits per heavy atom. The number of halogens is 1. The second kappa shape index (κ2) is 14.2. The molecular weight excluding hydrogens is 630 g/mol. The lowest BCUT2D eigenvalue weighted by Gasteiger charge is -2.09. The van der Waals surface area contributed by atoms with Gasteiger partial charge in [0.25, 0.3) is 15.7 Å². The number of hydrogen-bond donors (Lipinski definition) is 3. The number of benzene rings is 2. The molecule has 2 amide bonds. The molecule has 2 aromatic heterocycles. The molecule has 43 heavy (non-hydrogen) atoms.